The van der Waals surface area contributed by atoms with Crippen LogP contribution in [0.3, 0.4) is 0 Å². The van der Waals surface area contributed by atoms with Crippen molar-refractivity contribution in [1.82, 2.24) is 0 Å². The second-order valence-electron chi connectivity index (χ2n) is 6.35. The highest BCUT2D eigenvalue weighted by Gasteiger charge is 1.94. The SMILES string of the molecule is CCCCCCCCCCCCCCCCCCCBr. The van der Waals surface area contributed by atoms with E-state index in [4.69, 9.17) is 0 Å². The summed E-state index contributed by atoms with van der Waals surface area (Å²) in [6.07, 6.45) is 24.8. The molecule has 0 rings (SSSR count). The van der Waals surface area contributed by atoms with Gasteiger partial charge in [0.2, 0.25) is 0 Å². The molecule has 0 unspecified atom stereocenters. The summed E-state index contributed by atoms with van der Waals surface area (Å²) in [4.78, 5) is 0. The quantitative estimate of drug-likeness (QED) is 0.184. The summed E-state index contributed by atoms with van der Waals surface area (Å²) in [5, 5.41) is 1.19. The van der Waals surface area contributed by atoms with Crippen LogP contribution in [0.4, 0.5) is 0 Å². The Morgan fingerprint density at radius 2 is 0.650 bits per heavy atom. The molecule has 20 heavy (non-hydrogen) atoms. The van der Waals surface area contributed by atoms with Gasteiger partial charge in [-0.2, -0.15) is 0 Å². The van der Waals surface area contributed by atoms with Crippen LogP contribution in [0.1, 0.15) is 116 Å². The molecule has 0 heterocycles. The first-order valence-electron chi connectivity index (χ1n) is 9.47. The van der Waals surface area contributed by atoms with Crippen molar-refractivity contribution in [2.24, 2.45) is 0 Å². The normalized spacial score (nSPS) is 11.1. The lowest BCUT2D eigenvalue weighted by molar-refractivity contribution is 0.529. The Balaban J connectivity index is 2.89. The van der Waals surface area contributed by atoms with Gasteiger partial charge in [0.15, 0.2) is 0 Å². The molecule has 0 N–H and O–H groups in total. The third-order valence-corrected chi connectivity index (χ3v) is 4.80. The number of halogens is 1. The smallest absolute Gasteiger partial charge is 0.00313 e. The van der Waals surface area contributed by atoms with Gasteiger partial charge >= 0.3 is 0 Å². The van der Waals surface area contributed by atoms with E-state index in [9.17, 15) is 0 Å². The summed E-state index contributed by atoms with van der Waals surface area (Å²) < 4.78 is 0. The van der Waals surface area contributed by atoms with Crippen LogP contribution in [-0.4, -0.2) is 5.33 Å². The third kappa shape index (κ3) is 18.5. The Bertz CT molecular complexity index is 138. The maximum Gasteiger partial charge on any atom is 0.00313 e. The minimum atomic E-state index is 1.19. The summed E-state index contributed by atoms with van der Waals surface area (Å²) in [5.41, 5.74) is 0. The van der Waals surface area contributed by atoms with Gasteiger partial charge in [0, 0.05) is 5.33 Å². The van der Waals surface area contributed by atoms with Gasteiger partial charge < -0.3 is 0 Å². The van der Waals surface area contributed by atoms with Crippen LogP contribution in [0.25, 0.3) is 0 Å². The van der Waals surface area contributed by atoms with Crippen molar-refractivity contribution in [2.45, 2.75) is 116 Å². The first-order chi connectivity index (χ1) is 9.91. The largest absolute Gasteiger partial charge is 0.0928 e. The Morgan fingerprint density at radius 1 is 0.400 bits per heavy atom. The third-order valence-electron chi connectivity index (χ3n) is 4.24. The molecule has 0 aromatic rings. The number of unbranched alkanes of at least 4 members (excludes halogenated alkanes) is 16. The van der Waals surface area contributed by atoms with Crippen molar-refractivity contribution in [1.29, 1.82) is 0 Å². The monoisotopic (exact) mass is 346 g/mol. The number of hydrogen-bond acceptors (Lipinski definition) is 0. The minimum absolute atomic E-state index is 1.19. The molecule has 0 aromatic carbocycles. The van der Waals surface area contributed by atoms with E-state index in [-0.39, 0.29) is 0 Å². The molecule has 0 saturated heterocycles. The molecule has 0 nitrogen and oxygen atoms in total. The van der Waals surface area contributed by atoms with Gasteiger partial charge in [-0.05, 0) is 6.42 Å². The molecule has 0 bridgehead atoms. The number of alkyl halides is 1. The maximum atomic E-state index is 3.49. The van der Waals surface area contributed by atoms with E-state index in [1.807, 2.05) is 0 Å². The lowest BCUT2D eigenvalue weighted by Gasteiger charge is -2.03. The van der Waals surface area contributed by atoms with Gasteiger partial charge in [0.25, 0.3) is 0 Å². The predicted octanol–water partition coefficient (Wildman–Crippen LogP) is 8.03. The molecule has 0 amide bonds. The molecule has 0 saturated carbocycles. The molecule has 0 atom stereocenters. The highest BCUT2D eigenvalue weighted by atomic mass is 79.9. The van der Waals surface area contributed by atoms with Crippen LogP contribution in [0.15, 0.2) is 0 Å². The molecule has 0 radical (unpaired) electrons. The summed E-state index contributed by atoms with van der Waals surface area (Å²) in [6.45, 7) is 2.29. The highest BCUT2D eigenvalue weighted by Crippen LogP contribution is 2.14. The van der Waals surface area contributed by atoms with Crippen molar-refractivity contribution >= 4 is 15.9 Å². The van der Waals surface area contributed by atoms with Gasteiger partial charge in [-0.1, -0.05) is 126 Å². The molecule has 0 aliphatic rings. The molecule has 0 spiro atoms. The fourth-order valence-electron chi connectivity index (χ4n) is 2.82. The molecule has 0 fully saturated rings. The molecule has 122 valence electrons. The zero-order chi connectivity index (χ0) is 14.7. The Kier molecular flexibility index (Phi) is 19.9. The standard InChI is InChI=1S/C19H39Br/c1-2-3-4-5-6-7-8-9-10-11-12-13-14-15-16-17-18-19-20/h2-19H2,1H3. The van der Waals surface area contributed by atoms with E-state index >= 15 is 0 Å². The summed E-state index contributed by atoms with van der Waals surface area (Å²) >= 11 is 3.49. The van der Waals surface area contributed by atoms with Crippen molar-refractivity contribution in [3.05, 3.63) is 0 Å². The second-order valence-corrected chi connectivity index (χ2v) is 7.14. The molecule has 1 heteroatoms. The number of hydrogen-bond donors (Lipinski definition) is 0. The van der Waals surface area contributed by atoms with Crippen LogP contribution >= 0.6 is 15.9 Å². The Morgan fingerprint density at radius 3 is 0.900 bits per heavy atom. The number of rotatable bonds is 17. The van der Waals surface area contributed by atoms with E-state index in [0.29, 0.717) is 0 Å². The fraction of sp³-hybridized carbons (Fsp3) is 1.00. The molecular formula is C19H39Br. The van der Waals surface area contributed by atoms with E-state index in [0.717, 1.165) is 0 Å². The van der Waals surface area contributed by atoms with E-state index in [2.05, 4.69) is 22.9 Å². The fourth-order valence-corrected chi connectivity index (χ4v) is 3.22. The average molecular weight is 347 g/mol. The van der Waals surface area contributed by atoms with Crippen molar-refractivity contribution in [2.75, 3.05) is 5.33 Å². The van der Waals surface area contributed by atoms with Gasteiger partial charge in [-0.15, -0.1) is 0 Å². The van der Waals surface area contributed by atoms with Crippen LogP contribution in [-0.2, 0) is 0 Å². The first kappa shape index (κ1) is 20.5. The average Bonchev–Trinajstić information content (AvgIpc) is 2.47. The van der Waals surface area contributed by atoms with Crippen LogP contribution in [0.2, 0.25) is 0 Å². The highest BCUT2D eigenvalue weighted by molar-refractivity contribution is 9.09. The van der Waals surface area contributed by atoms with Gasteiger partial charge in [0.1, 0.15) is 0 Å². The molecule has 0 aliphatic carbocycles. The first-order valence-corrected chi connectivity index (χ1v) is 10.6. The van der Waals surface area contributed by atoms with E-state index in [1.165, 1.54) is 114 Å². The Hall–Kier alpha value is 0.480. The summed E-state index contributed by atoms with van der Waals surface area (Å²) in [5.74, 6) is 0. The van der Waals surface area contributed by atoms with Gasteiger partial charge in [-0.3, -0.25) is 0 Å². The van der Waals surface area contributed by atoms with Crippen molar-refractivity contribution in [3.8, 4) is 0 Å². The topological polar surface area (TPSA) is 0 Å². The van der Waals surface area contributed by atoms with E-state index in [1.54, 1.807) is 0 Å². The second kappa shape index (κ2) is 19.5. The van der Waals surface area contributed by atoms with Gasteiger partial charge in [0.05, 0.1) is 0 Å². The van der Waals surface area contributed by atoms with Gasteiger partial charge in [-0.25, -0.2) is 0 Å². The Labute approximate surface area is 137 Å². The lowest BCUT2D eigenvalue weighted by Crippen LogP contribution is -1.84. The van der Waals surface area contributed by atoms with Crippen LogP contribution in [0, 0.1) is 0 Å². The predicted molar refractivity (Wildman–Crippen MR) is 98.0 cm³/mol. The minimum Gasteiger partial charge on any atom is -0.0928 e. The summed E-state index contributed by atoms with van der Waals surface area (Å²) in [7, 11) is 0. The zero-order valence-electron chi connectivity index (χ0n) is 14.1. The molecule has 0 aliphatic heterocycles. The van der Waals surface area contributed by atoms with Crippen LogP contribution < -0.4 is 0 Å². The molecular weight excluding hydrogens is 308 g/mol. The van der Waals surface area contributed by atoms with E-state index < -0.39 is 0 Å². The lowest BCUT2D eigenvalue weighted by atomic mass is 10.0. The van der Waals surface area contributed by atoms with Crippen LogP contribution in [0.5, 0.6) is 0 Å². The summed E-state index contributed by atoms with van der Waals surface area (Å²) in [6, 6.07) is 0. The molecule has 0 aromatic heterocycles. The zero-order valence-corrected chi connectivity index (χ0v) is 15.7. The maximum absolute atomic E-state index is 3.49. The van der Waals surface area contributed by atoms with Crippen molar-refractivity contribution in [3.63, 3.8) is 0 Å². The van der Waals surface area contributed by atoms with Crippen molar-refractivity contribution < 1.29 is 0 Å².